The van der Waals surface area contributed by atoms with Gasteiger partial charge in [0.05, 0.1) is 6.26 Å². The van der Waals surface area contributed by atoms with Gasteiger partial charge >= 0.3 is 5.63 Å². The number of hydrogen-bond acceptors (Lipinski definition) is 3. The predicted octanol–water partition coefficient (Wildman–Crippen LogP) is 3.12. The Morgan fingerprint density at radius 1 is 0.933 bits per heavy atom. The molecule has 0 unspecified atom stereocenters. The first-order valence-electron chi connectivity index (χ1n) is 4.24. The highest BCUT2D eigenvalue weighted by molar-refractivity contribution is 8.93. The van der Waals surface area contributed by atoms with E-state index in [1.165, 1.54) is 6.07 Å². The molecule has 3 aromatic rings. The Balaban J connectivity index is 0.000000853. The van der Waals surface area contributed by atoms with Crippen molar-refractivity contribution in [3.8, 4) is 0 Å². The van der Waals surface area contributed by atoms with Crippen LogP contribution < -0.4 is 5.63 Å². The van der Waals surface area contributed by atoms with Crippen LogP contribution >= 0.6 is 17.0 Å². The second-order valence-corrected chi connectivity index (χ2v) is 3.10. The molecule has 0 amide bonds. The third kappa shape index (κ3) is 1.57. The van der Waals surface area contributed by atoms with E-state index >= 15 is 0 Å². The van der Waals surface area contributed by atoms with Crippen LogP contribution in [0, 0.1) is 0 Å². The molecule has 0 N–H and O–H groups in total. The zero-order chi connectivity index (χ0) is 9.54. The number of furan rings is 1. The summed E-state index contributed by atoms with van der Waals surface area (Å²) >= 11 is 0. The van der Waals surface area contributed by atoms with Gasteiger partial charge in [0.2, 0.25) is 0 Å². The SMILES string of the molecule is Br.O=c1ccc2cc3ccoc3cc2o1. The van der Waals surface area contributed by atoms with Gasteiger partial charge in [0.25, 0.3) is 0 Å². The molecule has 0 saturated heterocycles. The third-order valence-electron chi connectivity index (χ3n) is 2.19. The van der Waals surface area contributed by atoms with E-state index in [1.807, 2.05) is 12.1 Å². The van der Waals surface area contributed by atoms with Crippen molar-refractivity contribution in [1.82, 2.24) is 0 Å². The van der Waals surface area contributed by atoms with Crippen LogP contribution in [0.2, 0.25) is 0 Å². The van der Waals surface area contributed by atoms with Crippen LogP contribution in [0.5, 0.6) is 0 Å². The van der Waals surface area contributed by atoms with Crippen molar-refractivity contribution in [2.75, 3.05) is 0 Å². The fourth-order valence-corrected chi connectivity index (χ4v) is 1.53. The Kier molecular flexibility index (Phi) is 2.36. The van der Waals surface area contributed by atoms with E-state index in [0.29, 0.717) is 5.58 Å². The molecule has 0 spiro atoms. The van der Waals surface area contributed by atoms with Gasteiger partial charge in [0.1, 0.15) is 11.2 Å². The Bertz CT molecular complexity index is 666. The molecule has 15 heavy (non-hydrogen) atoms. The average molecular weight is 267 g/mol. The predicted molar refractivity (Wildman–Crippen MR) is 62.6 cm³/mol. The lowest BCUT2D eigenvalue weighted by molar-refractivity contribution is 0.559. The lowest BCUT2D eigenvalue weighted by Crippen LogP contribution is -1.93. The monoisotopic (exact) mass is 266 g/mol. The molecule has 0 bridgehead atoms. The van der Waals surface area contributed by atoms with Gasteiger partial charge in [-0.2, -0.15) is 0 Å². The molecule has 0 aliphatic heterocycles. The smallest absolute Gasteiger partial charge is 0.336 e. The van der Waals surface area contributed by atoms with Gasteiger partial charge in [-0.1, -0.05) is 0 Å². The molecule has 0 saturated carbocycles. The Morgan fingerprint density at radius 2 is 1.73 bits per heavy atom. The lowest BCUT2D eigenvalue weighted by atomic mass is 10.2. The topological polar surface area (TPSA) is 43.4 Å². The van der Waals surface area contributed by atoms with Crippen LogP contribution in [0.1, 0.15) is 0 Å². The second kappa shape index (κ2) is 3.55. The van der Waals surface area contributed by atoms with Crippen molar-refractivity contribution < 1.29 is 8.83 Å². The zero-order valence-electron chi connectivity index (χ0n) is 7.60. The van der Waals surface area contributed by atoms with E-state index in [4.69, 9.17) is 8.83 Å². The molecule has 0 aliphatic rings. The van der Waals surface area contributed by atoms with Crippen LogP contribution in [-0.2, 0) is 0 Å². The number of hydrogen-bond donors (Lipinski definition) is 0. The van der Waals surface area contributed by atoms with E-state index in [0.717, 1.165) is 16.4 Å². The number of benzene rings is 1. The molecule has 0 fully saturated rings. The van der Waals surface area contributed by atoms with Crippen LogP contribution in [-0.4, -0.2) is 0 Å². The highest BCUT2D eigenvalue weighted by Crippen LogP contribution is 2.22. The van der Waals surface area contributed by atoms with E-state index < -0.39 is 0 Å². The first-order chi connectivity index (χ1) is 6.83. The minimum atomic E-state index is -0.344. The molecule has 0 atom stereocenters. The number of halogens is 1. The van der Waals surface area contributed by atoms with Crippen molar-refractivity contribution >= 4 is 38.9 Å². The Labute approximate surface area is 95.1 Å². The highest BCUT2D eigenvalue weighted by Gasteiger charge is 2.01. The van der Waals surface area contributed by atoms with E-state index in [9.17, 15) is 4.79 Å². The molecule has 3 nitrogen and oxygen atoms in total. The molecule has 0 radical (unpaired) electrons. The molecule has 76 valence electrons. The Hall–Kier alpha value is -1.55. The van der Waals surface area contributed by atoms with Gasteiger partial charge in [0, 0.05) is 22.9 Å². The maximum Gasteiger partial charge on any atom is 0.336 e. The summed E-state index contributed by atoms with van der Waals surface area (Å²) in [4.78, 5) is 11.0. The van der Waals surface area contributed by atoms with Crippen LogP contribution in [0.25, 0.3) is 21.9 Å². The first kappa shape index (κ1) is 9.98. The molecule has 3 rings (SSSR count). The summed E-state index contributed by atoms with van der Waals surface area (Å²) < 4.78 is 10.2. The first-order valence-corrected chi connectivity index (χ1v) is 4.24. The summed E-state index contributed by atoms with van der Waals surface area (Å²) in [5.74, 6) is 0. The summed E-state index contributed by atoms with van der Waals surface area (Å²) in [5.41, 5.74) is 0.940. The van der Waals surface area contributed by atoms with Gasteiger partial charge in [0.15, 0.2) is 0 Å². The maximum atomic E-state index is 11.0. The number of rotatable bonds is 0. The standard InChI is InChI=1S/C11H6O3.BrH/c12-11-2-1-7-5-8-3-4-13-9(8)6-10(7)14-11;/h1-6H;1H. The summed E-state index contributed by atoms with van der Waals surface area (Å²) in [6, 6.07) is 8.69. The summed E-state index contributed by atoms with van der Waals surface area (Å²) in [6.07, 6.45) is 1.61. The van der Waals surface area contributed by atoms with Crippen LogP contribution in [0.3, 0.4) is 0 Å². The summed E-state index contributed by atoms with van der Waals surface area (Å²) in [5, 5.41) is 1.91. The maximum absolute atomic E-state index is 11.0. The van der Waals surface area contributed by atoms with Gasteiger partial charge < -0.3 is 8.83 Å². The van der Waals surface area contributed by atoms with Crippen molar-refractivity contribution in [3.63, 3.8) is 0 Å². The molecular formula is C11H7BrO3. The van der Waals surface area contributed by atoms with Crippen molar-refractivity contribution in [2.45, 2.75) is 0 Å². The van der Waals surface area contributed by atoms with E-state index in [-0.39, 0.29) is 22.6 Å². The normalized spacial score (nSPS) is 10.4. The highest BCUT2D eigenvalue weighted by atomic mass is 79.9. The molecule has 0 aliphatic carbocycles. The molecule has 2 heterocycles. The van der Waals surface area contributed by atoms with E-state index in [1.54, 1.807) is 18.4 Å². The quantitative estimate of drug-likeness (QED) is 0.588. The van der Waals surface area contributed by atoms with Crippen LogP contribution in [0.15, 0.2) is 50.2 Å². The number of fused-ring (bicyclic) bond motifs is 2. The molecule has 2 aromatic heterocycles. The summed E-state index contributed by atoms with van der Waals surface area (Å²) in [7, 11) is 0. The van der Waals surface area contributed by atoms with Gasteiger partial charge in [-0.25, -0.2) is 4.79 Å². The lowest BCUT2D eigenvalue weighted by Gasteiger charge is -1.94. The van der Waals surface area contributed by atoms with Gasteiger partial charge in [-0.3, -0.25) is 0 Å². The largest absolute Gasteiger partial charge is 0.464 e. The van der Waals surface area contributed by atoms with E-state index in [2.05, 4.69) is 0 Å². The third-order valence-corrected chi connectivity index (χ3v) is 2.19. The molecule has 4 heteroatoms. The minimum Gasteiger partial charge on any atom is -0.464 e. The van der Waals surface area contributed by atoms with Crippen molar-refractivity contribution in [2.24, 2.45) is 0 Å². The summed E-state index contributed by atoms with van der Waals surface area (Å²) in [6.45, 7) is 0. The molecule has 1 aromatic carbocycles. The molecular weight excluding hydrogens is 260 g/mol. The Morgan fingerprint density at radius 3 is 2.60 bits per heavy atom. The second-order valence-electron chi connectivity index (χ2n) is 3.10. The van der Waals surface area contributed by atoms with Crippen molar-refractivity contribution in [1.29, 1.82) is 0 Å². The van der Waals surface area contributed by atoms with Crippen molar-refractivity contribution in [3.05, 3.63) is 47.0 Å². The van der Waals surface area contributed by atoms with Crippen LogP contribution in [0.4, 0.5) is 0 Å². The van der Waals surface area contributed by atoms with Gasteiger partial charge in [-0.05, 0) is 18.2 Å². The zero-order valence-corrected chi connectivity index (χ0v) is 9.31. The average Bonchev–Trinajstić information content (AvgIpc) is 2.61. The fourth-order valence-electron chi connectivity index (χ4n) is 1.53. The van der Waals surface area contributed by atoms with Gasteiger partial charge in [-0.15, -0.1) is 17.0 Å². The minimum absolute atomic E-state index is 0. The fraction of sp³-hybridized carbons (Fsp3) is 0.